The Labute approximate surface area is 157 Å². The number of rotatable bonds is 4. The van der Waals surface area contributed by atoms with Crippen LogP contribution in [0.3, 0.4) is 0 Å². The maximum absolute atomic E-state index is 12.6. The third-order valence-corrected chi connectivity index (χ3v) is 5.74. The predicted molar refractivity (Wildman–Crippen MR) is 95.7 cm³/mol. The molecular weight excluding hydrogens is 372 g/mol. The smallest absolute Gasteiger partial charge is 0.308 e. The standard InChI is InChI=1S/C18H20N2O6S/c1-25-18(22)13-7-9-20(10-8-13)17(21)15-11-16(26-19-15)12-3-5-14(6-4-12)27(2,23)24/h3-6,11,13H,7-10H2,1-2H3. The minimum absolute atomic E-state index is 0.175. The molecule has 8 nitrogen and oxygen atoms in total. The summed E-state index contributed by atoms with van der Waals surface area (Å²) in [7, 11) is -1.92. The molecule has 1 aliphatic rings. The molecule has 0 bridgehead atoms. The Morgan fingerprint density at radius 1 is 1.19 bits per heavy atom. The maximum atomic E-state index is 12.6. The van der Waals surface area contributed by atoms with Gasteiger partial charge in [0.2, 0.25) is 0 Å². The molecular formula is C18H20N2O6S. The minimum atomic E-state index is -3.28. The van der Waals surface area contributed by atoms with Gasteiger partial charge in [-0.25, -0.2) is 8.42 Å². The first kappa shape index (κ1) is 19.1. The first-order valence-corrected chi connectivity index (χ1v) is 10.3. The van der Waals surface area contributed by atoms with E-state index in [1.54, 1.807) is 17.0 Å². The van der Waals surface area contributed by atoms with Crippen LogP contribution < -0.4 is 0 Å². The number of ether oxygens (including phenoxy) is 1. The van der Waals surface area contributed by atoms with Crippen molar-refractivity contribution in [1.29, 1.82) is 0 Å². The van der Waals surface area contributed by atoms with Crippen LogP contribution in [0.25, 0.3) is 11.3 Å². The Balaban J connectivity index is 1.69. The zero-order valence-electron chi connectivity index (χ0n) is 15.0. The second-order valence-electron chi connectivity index (χ2n) is 6.46. The highest BCUT2D eigenvalue weighted by molar-refractivity contribution is 7.90. The highest BCUT2D eigenvalue weighted by Crippen LogP contribution is 2.24. The molecule has 9 heteroatoms. The van der Waals surface area contributed by atoms with Crippen molar-refractivity contribution in [2.45, 2.75) is 17.7 Å². The molecule has 0 unspecified atom stereocenters. The molecule has 1 aliphatic heterocycles. The summed E-state index contributed by atoms with van der Waals surface area (Å²) < 4.78 is 33.0. The minimum Gasteiger partial charge on any atom is -0.469 e. The van der Waals surface area contributed by atoms with Crippen LogP contribution in [0.1, 0.15) is 23.3 Å². The summed E-state index contributed by atoms with van der Waals surface area (Å²) in [5.74, 6) is -0.312. The van der Waals surface area contributed by atoms with E-state index in [0.717, 1.165) is 6.26 Å². The Morgan fingerprint density at radius 2 is 1.81 bits per heavy atom. The molecule has 1 saturated heterocycles. The number of likely N-dealkylation sites (tertiary alicyclic amines) is 1. The van der Waals surface area contributed by atoms with E-state index >= 15 is 0 Å². The number of carbonyl (C=O) groups excluding carboxylic acids is 2. The molecule has 0 N–H and O–H groups in total. The fourth-order valence-corrected chi connectivity index (χ4v) is 3.66. The number of nitrogens with zero attached hydrogens (tertiary/aromatic N) is 2. The number of hydrogen-bond donors (Lipinski definition) is 0. The van der Waals surface area contributed by atoms with Crippen molar-refractivity contribution in [2.24, 2.45) is 5.92 Å². The summed E-state index contributed by atoms with van der Waals surface area (Å²) in [4.78, 5) is 26.0. The van der Waals surface area contributed by atoms with E-state index in [2.05, 4.69) is 5.16 Å². The van der Waals surface area contributed by atoms with E-state index in [4.69, 9.17) is 9.26 Å². The number of sulfone groups is 1. The van der Waals surface area contributed by atoms with Gasteiger partial charge in [0.15, 0.2) is 21.3 Å². The van der Waals surface area contributed by atoms with E-state index < -0.39 is 9.84 Å². The van der Waals surface area contributed by atoms with Crippen LogP contribution in [0.4, 0.5) is 0 Å². The van der Waals surface area contributed by atoms with Gasteiger partial charge in [-0.2, -0.15) is 0 Å². The molecule has 0 atom stereocenters. The molecule has 0 spiro atoms. The summed E-state index contributed by atoms with van der Waals surface area (Å²) in [5.41, 5.74) is 0.798. The zero-order valence-corrected chi connectivity index (χ0v) is 15.9. The van der Waals surface area contributed by atoms with Gasteiger partial charge in [-0.05, 0) is 37.1 Å². The van der Waals surface area contributed by atoms with Crippen molar-refractivity contribution in [2.75, 3.05) is 26.5 Å². The molecule has 144 valence electrons. The van der Waals surface area contributed by atoms with E-state index in [1.807, 2.05) is 0 Å². The summed E-state index contributed by atoms with van der Waals surface area (Å²) >= 11 is 0. The second-order valence-corrected chi connectivity index (χ2v) is 8.48. The molecule has 3 rings (SSSR count). The summed E-state index contributed by atoms with van der Waals surface area (Å²) in [5, 5.41) is 3.83. The van der Waals surface area contributed by atoms with Gasteiger partial charge in [0, 0.05) is 31.0 Å². The molecule has 2 aromatic rings. The van der Waals surface area contributed by atoms with Crippen LogP contribution in [0, 0.1) is 5.92 Å². The van der Waals surface area contributed by atoms with E-state index in [9.17, 15) is 18.0 Å². The van der Waals surface area contributed by atoms with Crippen LogP contribution in [0.2, 0.25) is 0 Å². The van der Waals surface area contributed by atoms with Gasteiger partial charge in [0.05, 0.1) is 17.9 Å². The summed E-state index contributed by atoms with van der Waals surface area (Å²) in [6.07, 6.45) is 2.24. The van der Waals surface area contributed by atoms with Gasteiger partial charge < -0.3 is 14.2 Å². The van der Waals surface area contributed by atoms with Crippen LogP contribution in [0.5, 0.6) is 0 Å². The third kappa shape index (κ3) is 4.19. The molecule has 27 heavy (non-hydrogen) atoms. The lowest BCUT2D eigenvalue weighted by Crippen LogP contribution is -2.40. The third-order valence-electron chi connectivity index (χ3n) is 4.61. The lowest BCUT2D eigenvalue weighted by Gasteiger charge is -2.29. The SMILES string of the molecule is COC(=O)C1CCN(C(=O)c2cc(-c3ccc(S(C)(=O)=O)cc3)on2)CC1. The predicted octanol–water partition coefficient (Wildman–Crippen LogP) is 1.77. The first-order valence-electron chi connectivity index (χ1n) is 8.44. The Hall–Kier alpha value is -2.68. The number of benzene rings is 1. The lowest BCUT2D eigenvalue weighted by molar-refractivity contribution is -0.146. The van der Waals surface area contributed by atoms with Gasteiger partial charge in [-0.1, -0.05) is 5.16 Å². The zero-order chi connectivity index (χ0) is 19.6. The van der Waals surface area contributed by atoms with Gasteiger partial charge >= 0.3 is 5.97 Å². The quantitative estimate of drug-likeness (QED) is 0.730. The number of aromatic nitrogens is 1. The summed E-state index contributed by atoms with van der Waals surface area (Å²) in [6.45, 7) is 0.897. The van der Waals surface area contributed by atoms with Crippen molar-refractivity contribution in [3.8, 4) is 11.3 Å². The van der Waals surface area contributed by atoms with Gasteiger partial charge in [0.1, 0.15) is 0 Å². The fraction of sp³-hybridized carbons (Fsp3) is 0.389. The van der Waals surface area contributed by atoms with Gasteiger partial charge in [0.25, 0.3) is 5.91 Å². The van der Waals surface area contributed by atoms with Gasteiger partial charge in [-0.15, -0.1) is 0 Å². The van der Waals surface area contributed by atoms with Crippen LogP contribution in [-0.2, 0) is 19.4 Å². The van der Waals surface area contributed by atoms with Crippen LogP contribution in [0.15, 0.2) is 39.8 Å². The number of amides is 1. The molecule has 2 heterocycles. The highest BCUT2D eigenvalue weighted by atomic mass is 32.2. The van der Waals surface area contributed by atoms with Crippen molar-refractivity contribution in [3.05, 3.63) is 36.0 Å². The fourth-order valence-electron chi connectivity index (χ4n) is 3.03. The van der Waals surface area contributed by atoms with Crippen molar-refractivity contribution in [3.63, 3.8) is 0 Å². The van der Waals surface area contributed by atoms with Crippen LogP contribution >= 0.6 is 0 Å². The molecule has 1 fully saturated rings. The Kier molecular flexibility index (Phi) is 5.31. The number of piperidine rings is 1. The normalized spacial score (nSPS) is 15.6. The maximum Gasteiger partial charge on any atom is 0.308 e. The molecule has 0 aliphatic carbocycles. The molecule has 0 radical (unpaired) electrons. The Morgan fingerprint density at radius 3 is 2.37 bits per heavy atom. The average Bonchev–Trinajstić information content (AvgIpc) is 3.16. The lowest BCUT2D eigenvalue weighted by atomic mass is 9.97. The van der Waals surface area contributed by atoms with Gasteiger partial charge in [-0.3, -0.25) is 9.59 Å². The van der Waals surface area contributed by atoms with E-state index in [1.165, 1.54) is 25.3 Å². The first-order chi connectivity index (χ1) is 12.8. The number of hydrogen-bond acceptors (Lipinski definition) is 7. The van der Waals surface area contributed by atoms with Crippen LogP contribution in [-0.4, -0.2) is 56.8 Å². The van der Waals surface area contributed by atoms with Crippen molar-refractivity contribution >= 4 is 21.7 Å². The largest absolute Gasteiger partial charge is 0.469 e. The highest BCUT2D eigenvalue weighted by Gasteiger charge is 2.29. The van der Waals surface area contributed by atoms with E-state index in [-0.39, 0.29) is 28.4 Å². The Bertz CT molecular complexity index is 940. The monoisotopic (exact) mass is 392 g/mol. The number of esters is 1. The molecule has 0 saturated carbocycles. The molecule has 1 amide bonds. The average molecular weight is 392 g/mol. The molecule has 1 aromatic carbocycles. The topological polar surface area (TPSA) is 107 Å². The van der Waals surface area contributed by atoms with Crippen molar-refractivity contribution in [1.82, 2.24) is 10.1 Å². The second kappa shape index (κ2) is 7.51. The van der Waals surface area contributed by atoms with Crippen molar-refractivity contribution < 1.29 is 27.3 Å². The number of methoxy groups -OCH3 is 1. The number of carbonyl (C=O) groups is 2. The van der Waals surface area contributed by atoms with E-state index in [0.29, 0.717) is 37.3 Å². The molecule has 1 aromatic heterocycles. The summed E-state index contributed by atoms with van der Waals surface area (Å²) in [6, 6.07) is 7.70.